The van der Waals surface area contributed by atoms with Gasteiger partial charge in [0.25, 0.3) is 17.5 Å². The van der Waals surface area contributed by atoms with Gasteiger partial charge in [0.1, 0.15) is 6.04 Å². The largest absolute Gasteiger partial charge is 0.371 e. The van der Waals surface area contributed by atoms with E-state index in [4.69, 9.17) is 0 Å². The van der Waals surface area contributed by atoms with Crippen LogP contribution in [0, 0.1) is 16.0 Å². The van der Waals surface area contributed by atoms with Gasteiger partial charge < -0.3 is 9.80 Å². The molecule has 3 fully saturated rings. The minimum atomic E-state index is -3.74. The zero-order valence-electron chi connectivity index (χ0n) is 23.9. The van der Waals surface area contributed by atoms with Gasteiger partial charge in [0.2, 0.25) is 21.8 Å². The van der Waals surface area contributed by atoms with Gasteiger partial charge in [0.05, 0.1) is 26.6 Å². The van der Waals surface area contributed by atoms with Crippen LogP contribution in [-0.4, -0.2) is 103 Å². The number of hydrogen-bond acceptors (Lipinski definition) is 10. The summed E-state index contributed by atoms with van der Waals surface area (Å²) in [6.45, 7) is 3.97. The monoisotopic (exact) mass is 624 g/mol. The van der Waals surface area contributed by atoms with E-state index in [1.54, 1.807) is 12.1 Å². The molecule has 0 spiro atoms. The molecule has 1 N–H and O–H groups in total. The Kier molecular flexibility index (Phi) is 7.94. The third-order valence-electron chi connectivity index (χ3n) is 8.93. The van der Waals surface area contributed by atoms with Gasteiger partial charge in [-0.2, -0.15) is 4.31 Å². The molecule has 4 heterocycles. The molecule has 2 aromatic rings. The predicted octanol–water partition coefficient (Wildman–Crippen LogP) is 1.22. The highest BCUT2D eigenvalue weighted by atomic mass is 32.2. The first-order chi connectivity index (χ1) is 21.0. The van der Waals surface area contributed by atoms with Crippen LogP contribution in [0.25, 0.3) is 0 Å². The Hall–Kier alpha value is -4.21. The van der Waals surface area contributed by atoms with Crippen molar-refractivity contribution in [2.75, 3.05) is 50.7 Å². The van der Waals surface area contributed by atoms with Crippen LogP contribution in [-0.2, 0) is 19.6 Å². The molecule has 1 atom stereocenters. The number of carbonyl (C=O) groups excluding carboxylic acids is 4. The Bertz CT molecular complexity index is 1630. The number of carbonyl (C=O) groups is 4. The molecule has 4 aliphatic rings. The fourth-order valence-electron chi connectivity index (χ4n) is 6.52. The number of fused-ring (bicyclic) bond motifs is 1. The first-order valence-electron chi connectivity index (χ1n) is 14.6. The first-order valence-corrected chi connectivity index (χ1v) is 16.0. The van der Waals surface area contributed by atoms with Gasteiger partial charge in [-0.3, -0.25) is 39.5 Å². The number of piperidine rings is 2. The third-order valence-corrected chi connectivity index (χ3v) is 10.8. The summed E-state index contributed by atoms with van der Waals surface area (Å²) in [7, 11) is -3.74. The van der Waals surface area contributed by atoms with E-state index in [9.17, 15) is 37.7 Å². The zero-order valence-corrected chi connectivity index (χ0v) is 24.7. The Morgan fingerprint density at radius 2 is 1.55 bits per heavy atom. The van der Waals surface area contributed by atoms with Gasteiger partial charge in [-0.05, 0) is 49.4 Å². The molecule has 14 nitrogen and oxygen atoms in total. The smallest absolute Gasteiger partial charge is 0.269 e. The van der Waals surface area contributed by atoms with E-state index in [-0.39, 0.29) is 29.0 Å². The highest BCUT2D eigenvalue weighted by molar-refractivity contribution is 7.89. The van der Waals surface area contributed by atoms with Crippen LogP contribution in [0.15, 0.2) is 47.4 Å². The summed E-state index contributed by atoms with van der Waals surface area (Å²) in [4.78, 5) is 66.4. The highest BCUT2D eigenvalue weighted by Crippen LogP contribution is 2.36. The van der Waals surface area contributed by atoms with Crippen molar-refractivity contribution in [2.24, 2.45) is 5.92 Å². The topological polar surface area (TPSA) is 171 Å². The molecule has 6 rings (SSSR count). The number of benzene rings is 2. The molecule has 4 aliphatic heterocycles. The maximum absolute atomic E-state index is 13.5. The van der Waals surface area contributed by atoms with E-state index in [1.807, 2.05) is 6.07 Å². The molecule has 4 amide bonds. The summed E-state index contributed by atoms with van der Waals surface area (Å²) < 4.78 is 27.5. The Morgan fingerprint density at radius 1 is 0.864 bits per heavy atom. The first kappa shape index (κ1) is 29.8. The Labute approximate surface area is 253 Å². The Balaban J connectivity index is 1.04. The highest BCUT2D eigenvalue weighted by Gasteiger charge is 2.46. The number of nitro groups is 1. The molecule has 15 heteroatoms. The number of nitrogens with zero attached hydrogens (tertiary/aromatic N) is 5. The van der Waals surface area contributed by atoms with Crippen molar-refractivity contribution in [3.8, 4) is 0 Å². The van der Waals surface area contributed by atoms with Gasteiger partial charge in [-0.15, -0.1) is 0 Å². The van der Waals surface area contributed by atoms with Gasteiger partial charge in [-0.25, -0.2) is 8.42 Å². The molecule has 44 heavy (non-hydrogen) atoms. The van der Waals surface area contributed by atoms with Crippen molar-refractivity contribution in [3.63, 3.8) is 0 Å². The van der Waals surface area contributed by atoms with Crippen molar-refractivity contribution in [1.82, 2.24) is 19.4 Å². The summed E-state index contributed by atoms with van der Waals surface area (Å²) in [5.41, 5.74) is 1.07. The summed E-state index contributed by atoms with van der Waals surface area (Å²) in [6, 6.07) is 9.08. The summed E-state index contributed by atoms with van der Waals surface area (Å²) in [6.07, 6.45) is 1.87. The molecule has 3 saturated heterocycles. The van der Waals surface area contributed by atoms with Crippen molar-refractivity contribution in [1.29, 1.82) is 0 Å². The normalized spacial score (nSPS) is 22.3. The molecule has 1 unspecified atom stereocenters. The molecule has 0 saturated carbocycles. The van der Waals surface area contributed by atoms with Gasteiger partial charge in [-0.1, -0.05) is 6.07 Å². The van der Waals surface area contributed by atoms with Gasteiger partial charge in [0, 0.05) is 64.4 Å². The van der Waals surface area contributed by atoms with E-state index < -0.39 is 44.6 Å². The van der Waals surface area contributed by atoms with E-state index in [0.29, 0.717) is 56.4 Å². The number of nitro benzene ring substituents is 1. The van der Waals surface area contributed by atoms with E-state index >= 15 is 0 Å². The van der Waals surface area contributed by atoms with Gasteiger partial charge in [0.15, 0.2) is 0 Å². The molecule has 2 aromatic carbocycles. The number of piperazine rings is 1. The van der Waals surface area contributed by atoms with E-state index in [1.165, 1.54) is 28.6 Å². The molecular formula is C29H32N6O8S. The quantitative estimate of drug-likeness (QED) is 0.268. The van der Waals surface area contributed by atoms with E-state index in [0.717, 1.165) is 24.3 Å². The van der Waals surface area contributed by atoms with Crippen molar-refractivity contribution in [2.45, 2.75) is 36.6 Å². The molecular weight excluding hydrogens is 592 g/mol. The molecule has 232 valence electrons. The lowest BCUT2D eigenvalue weighted by atomic mass is 9.94. The average molecular weight is 625 g/mol. The maximum atomic E-state index is 13.5. The maximum Gasteiger partial charge on any atom is 0.269 e. The zero-order chi connectivity index (χ0) is 31.2. The van der Waals surface area contributed by atoms with Crippen molar-refractivity contribution >= 4 is 45.0 Å². The molecule has 0 aliphatic carbocycles. The number of non-ortho nitro benzene ring substituents is 1. The van der Waals surface area contributed by atoms with Crippen molar-refractivity contribution < 1.29 is 32.5 Å². The van der Waals surface area contributed by atoms with Gasteiger partial charge >= 0.3 is 0 Å². The van der Waals surface area contributed by atoms with E-state index in [2.05, 4.69) is 15.1 Å². The lowest BCUT2D eigenvalue weighted by Gasteiger charge is -2.39. The van der Waals surface area contributed by atoms with Crippen LogP contribution in [0.5, 0.6) is 0 Å². The predicted molar refractivity (Wildman–Crippen MR) is 156 cm³/mol. The van der Waals surface area contributed by atoms with Crippen LogP contribution < -0.4 is 10.2 Å². The summed E-state index contributed by atoms with van der Waals surface area (Å²) >= 11 is 0. The van der Waals surface area contributed by atoms with Crippen LogP contribution in [0.2, 0.25) is 0 Å². The standard InChI is InChI=1S/C29H32N6O8S/c36-25-9-8-24(27(37)30-25)34-28(38)22-2-1-3-23(26(22)29(34)39)32-12-10-19(11-13-32)18-31-14-16-33(17-15-31)44(42,43)21-6-4-20(5-7-21)35(40)41/h1-7,19,24H,8-18H2,(H,30,36,37). The SMILES string of the molecule is O=C1CCC(N2C(=O)c3cccc(N4CCC(CN5CCN(S(=O)(=O)c6ccc([N+](=O)[O-])cc6)CC5)CC4)c3C2=O)C(=O)N1. The second kappa shape index (κ2) is 11.7. The van der Waals surface area contributed by atoms with Crippen molar-refractivity contribution in [3.05, 3.63) is 63.7 Å². The number of hydrogen-bond donors (Lipinski definition) is 1. The lowest BCUT2D eigenvalue weighted by molar-refractivity contribution is -0.384. The third kappa shape index (κ3) is 5.46. The average Bonchev–Trinajstić information content (AvgIpc) is 3.27. The minimum Gasteiger partial charge on any atom is -0.371 e. The number of nitrogens with one attached hydrogen (secondary N) is 1. The number of anilines is 1. The molecule has 0 radical (unpaired) electrons. The second-order valence-electron chi connectivity index (χ2n) is 11.5. The fraction of sp³-hybridized carbons (Fsp3) is 0.448. The lowest BCUT2D eigenvalue weighted by Crippen LogP contribution is -2.54. The minimum absolute atomic E-state index is 0.0386. The van der Waals surface area contributed by atoms with Crippen LogP contribution in [0.1, 0.15) is 46.4 Å². The summed E-state index contributed by atoms with van der Waals surface area (Å²) in [5.74, 6) is -1.72. The Morgan fingerprint density at radius 3 is 2.18 bits per heavy atom. The fourth-order valence-corrected chi connectivity index (χ4v) is 7.95. The molecule has 0 bridgehead atoms. The number of imide groups is 2. The second-order valence-corrected chi connectivity index (χ2v) is 13.5. The number of sulfonamides is 1. The number of amides is 4. The van der Waals surface area contributed by atoms with Crippen LogP contribution in [0.4, 0.5) is 11.4 Å². The summed E-state index contributed by atoms with van der Waals surface area (Å²) in [5, 5.41) is 13.1. The van der Waals surface area contributed by atoms with Crippen LogP contribution in [0.3, 0.4) is 0 Å². The number of rotatable bonds is 7. The van der Waals surface area contributed by atoms with Crippen LogP contribution >= 0.6 is 0 Å². The molecule has 0 aromatic heterocycles.